The van der Waals surface area contributed by atoms with Gasteiger partial charge >= 0.3 is 0 Å². The molecule has 0 bridgehead atoms. The summed E-state index contributed by atoms with van der Waals surface area (Å²) < 4.78 is 22.9. The molecule has 1 fully saturated rings. The van der Waals surface area contributed by atoms with E-state index in [0.29, 0.717) is 37.4 Å². The second kappa shape index (κ2) is 13.1. The van der Waals surface area contributed by atoms with Gasteiger partial charge < -0.3 is 29.4 Å². The van der Waals surface area contributed by atoms with Gasteiger partial charge in [-0.25, -0.2) is 0 Å². The Labute approximate surface area is 200 Å². The highest BCUT2D eigenvalue weighted by molar-refractivity contribution is 6.29. The molecule has 182 valence electrons. The van der Waals surface area contributed by atoms with Crippen molar-refractivity contribution in [3.05, 3.63) is 47.1 Å². The summed E-state index contributed by atoms with van der Waals surface area (Å²) in [6.07, 6.45) is 2.48. The van der Waals surface area contributed by atoms with Crippen LogP contribution in [0.5, 0.6) is 11.6 Å². The number of ether oxygens (including phenoxy) is 4. The average Bonchev–Trinajstić information content (AvgIpc) is 3.33. The molecule has 0 radical (unpaired) electrons. The van der Waals surface area contributed by atoms with Gasteiger partial charge in [-0.2, -0.15) is 0 Å². The number of benzene rings is 1. The molecule has 1 aliphatic heterocycles. The predicted molar refractivity (Wildman–Crippen MR) is 126 cm³/mol. The molecule has 1 aliphatic rings. The van der Waals surface area contributed by atoms with Gasteiger partial charge in [0.15, 0.2) is 5.15 Å². The standard InChI is InChI=1S/C24H34ClN3O5/c1-24(2,17-33-23-10-9-22(25)27-28-23)26-14-19(29)15-32-21-8-4-3-6-18(21)11-13-30-16-20-7-5-12-31-20/h3-4,6,8-10,19-20,26,29H,5,7,11-17H2,1-2H3. The Balaban J connectivity index is 1.36. The Morgan fingerprint density at radius 2 is 2.06 bits per heavy atom. The van der Waals surface area contributed by atoms with Crippen molar-refractivity contribution in [1.82, 2.24) is 15.5 Å². The third-order valence-electron chi connectivity index (χ3n) is 5.25. The first kappa shape index (κ1) is 25.6. The smallest absolute Gasteiger partial charge is 0.233 e. The number of nitrogens with zero attached hydrogens (tertiary/aromatic N) is 2. The topological polar surface area (TPSA) is 95.0 Å². The van der Waals surface area contributed by atoms with Crippen LogP contribution in [-0.4, -0.2) is 72.6 Å². The van der Waals surface area contributed by atoms with E-state index in [1.807, 2.05) is 38.1 Å². The number of para-hydroxylation sites is 1. The summed E-state index contributed by atoms with van der Waals surface area (Å²) in [6, 6.07) is 11.1. The van der Waals surface area contributed by atoms with Crippen molar-refractivity contribution in [2.24, 2.45) is 0 Å². The maximum absolute atomic E-state index is 10.4. The quantitative estimate of drug-likeness (QED) is 0.399. The van der Waals surface area contributed by atoms with Crippen molar-refractivity contribution in [1.29, 1.82) is 0 Å². The van der Waals surface area contributed by atoms with Crippen LogP contribution < -0.4 is 14.8 Å². The van der Waals surface area contributed by atoms with Gasteiger partial charge in [0.05, 0.1) is 19.3 Å². The lowest BCUT2D eigenvalue weighted by Crippen LogP contribution is -2.48. The van der Waals surface area contributed by atoms with Gasteiger partial charge in [0.25, 0.3) is 0 Å². The van der Waals surface area contributed by atoms with Crippen molar-refractivity contribution in [3.63, 3.8) is 0 Å². The number of aromatic nitrogens is 2. The minimum atomic E-state index is -0.677. The van der Waals surface area contributed by atoms with E-state index in [9.17, 15) is 5.11 Å². The molecule has 33 heavy (non-hydrogen) atoms. The van der Waals surface area contributed by atoms with Crippen molar-refractivity contribution >= 4 is 11.6 Å². The third kappa shape index (κ3) is 9.43. The van der Waals surface area contributed by atoms with Crippen LogP contribution in [0.25, 0.3) is 0 Å². The van der Waals surface area contributed by atoms with Gasteiger partial charge in [-0.1, -0.05) is 29.8 Å². The first-order valence-electron chi connectivity index (χ1n) is 11.4. The summed E-state index contributed by atoms with van der Waals surface area (Å²) in [4.78, 5) is 0. The van der Waals surface area contributed by atoms with Gasteiger partial charge in [-0.3, -0.25) is 0 Å². The lowest BCUT2D eigenvalue weighted by Gasteiger charge is -2.27. The molecule has 1 saturated heterocycles. The highest BCUT2D eigenvalue weighted by Gasteiger charge is 2.21. The maximum Gasteiger partial charge on any atom is 0.233 e. The summed E-state index contributed by atoms with van der Waals surface area (Å²) in [5, 5.41) is 21.7. The van der Waals surface area contributed by atoms with Crippen LogP contribution in [0.1, 0.15) is 32.3 Å². The first-order valence-corrected chi connectivity index (χ1v) is 11.7. The molecule has 2 N–H and O–H groups in total. The zero-order valence-corrected chi connectivity index (χ0v) is 20.1. The van der Waals surface area contributed by atoms with Crippen LogP contribution in [0, 0.1) is 0 Å². The molecule has 0 aliphatic carbocycles. The molecule has 9 heteroatoms. The fourth-order valence-electron chi connectivity index (χ4n) is 3.35. The lowest BCUT2D eigenvalue weighted by atomic mass is 10.1. The summed E-state index contributed by atoms with van der Waals surface area (Å²) >= 11 is 5.73. The van der Waals surface area contributed by atoms with Gasteiger partial charge in [-0.15, -0.1) is 10.2 Å². The van der Waals surface area contributed by atoms with Crippen LogP contribution in [0.15, 0.2) is 36.4 Å². The molecule has 1 aromatic heterocycles. The van der Waals surface area contributed by atoms with Crippen molar-refractivity contribution in [3.8, 4) is 11.6 Å². The third-order valence-corrected chi connectivity index (χ3v) is 5.45. The van der Waals surface area contributed by atoms with E-state index < -0.39 is 6.10 Å². The largest absolute Gasteiger partial charge is 0.491 e. The van der Waals surface area contributed by atoms with E-state index in [-0.39, 0.29) is 18.2 Å². The molecule has 0 spiro atoms. The van der Waals surface area contributed by atoms with Crippen molar-refractivity contribution in [2.45, 2.75) is 50.9 Å². The Kier molecular flexibility index (Phi) is 10.1. The predicted octanol–water partition coefficient (Wildman–Crippen LogP) is 3.06. The molecule has 2 unspecified atom stereocenters. The minimum absolute atomic E-state index is 0.181. The van der Waals surface area contributed by atoms with Gasteiger partial charge in [0.1, 0.15) is 25.1 Å². The fraction of sp³-hybridized carbons (Fsp3) is 0.583. The molecule has 2 heterocycles. The normalized spacial score (nSPS) is 17.2. The van der Waals surface area contributed by atoms with E-state index in [2.05, 4.69) is 15.5 Å². The molecule has 2 aromatic rings. The number of aliphatic hydroxyl groups is 1. The number of nitrogens with one attached hydrogen (secondary N) is 1. The second-order valence-electron chi connectivity index (χ2n) is 8.78. The van der Waals surface area contributed by atoms with E-state index in [1.165, 1.54) is 0 Å². The Morgan fingerprint density at radius 1 is 1.21 bits per heavy atom. The van der Waals surface area contributed by atoms with Crippen LogP contribution in [0.3, 0.4) is 0 Å². The zero-order valence-electron chi connectivity index (χ0n) is 19.3. The molecular weight excluding hydrogens is 446 g/mol. The SMILES string of the molecule is CC(C)(COc1ccc(Cl)nn1)NCC(O)COc1ccccc1CCOCC1CCCO1. The Hall–Kier alpha value is -1.97. The molecular formula is C24H34ClN3O5. The average molecular weight is 480 g/mol. The van der Waals surface area contributed by atoms with Crippen molar-refractivity contribution < 1.29 is 24.1 Å². The van der Waals surface area contributed by atoms with E-state index in [0.717, 1.165) is 37.2 Å². The lowest BCUT2D eigenvalue weighted by molar-refractivity contribution is 0.0181. The molecule has 1 aromatic carbocycles. The zero-order chi connectivity index (χ0) is 23.5. The molecule has 3 rings (SSSR count). The summed E-state index contributed by atoms with van der Waals surface area (Å²) in [6.45, 7) is 6.93. The summed E-state index contributed by atoms with van der Waals surface area (Å²) in [7, 11) is 0. The molecule has 0 amide bonds. The van der Waals surface area contributed by atoms with E-state index in [4.69, 9.17) is 30.5 Å². The highest BCUT2D eigenvalue weighted by Crippen LogP contribution is 2.19. The first-order chi connectivity index (χ1) is 15.9. The van der Waals surface area contributed by atoms with Gasteiger partial charge in [0.2, 0.25) is 5.88 Å². The second-order valence-corrected chi connectivity index (χ2v) is 9.17. The molecule has 2 atom stereocenters. The number of aliphatic hydroxyl groups excluding tert-OH is 1. The minimum Gasteiger partial charge on any atom is -0.491 e. The monoisotopic (exact) mass is 479 g/mol. The van der Waals surface area contributed by atoms with Crippen LogP contribution in [0.4, 0.5) is 0 Å². The van der Waals surface area contributed by atoms with E-state index >= 15 is 0 Å². The number of hydrogen-bond acceptors (Lipinski definition) is 8. The summed E-state index contributed by atoms with van der Waals surface area (Å²) in [5.41, 5.74) is 0.670. The molecule has 8 nitrogen and oxygen atoms in total. The molecule has 0 saturated carbocycles. The van der Waals surface area contributed by atoms with E-state index in [1.54, 1.807) is 12.1 Å². The fourth-order valence-corrected chi connectivity index (χ4v) is 3.45. The van der Waals surface area contributed by atoms with Gasteiger partial charge in [-0.05, 0) is 50.8 Å². The summed E-state index contributed by atoms with van der Waals surface area (Å²) in [5.74, 6) is 1.16. The number of rotatable bonds is 14. The Morgan fingerprint density at radius 3 is 2.82 bits per heavy atom. The maximum atomic E-state index is 10.4. The van der Waals surface area contributed by atoms with Crippen LogP contribution in [-0.2, 0) is 15.9 Å². The van der Waals surface area contributed by atoms with Crippen LogP contribution in [0.2, 0.25) is 5.15 Å². The van der Waals surface area contributed by atoms with Gasteiger partial charge in [0, 0.05) is 24.8 Å². The number of β-amino-alcohol motifs (C(OH)–C–C–N with tert-alkyl or cyclic N) is 1. The Bertz CT molecular complexity index is 831. The number of hydrogen-bond donors (Lipinski definition) is 2. The highest BCUT2D eigenvalue weighted by atomic mass is 35.5. The van der Waals surface area contributed by atoms with Crippen LogP contribution >= 0.6 is 11.6 Å². The number of halogens is 1. The van der Waals surface area contributed by atoms with Crippen molar-refractivity contribution in [2.75, 3.05) is 39.6 Å².